The predicted octanol–water partition coefficient (Wildman–Crippen LogP) is 3.98. The molecule has 0 fully saturated rings. The van der Waals surface area contributed by atoms with E-state index in [1.54, 1.807) is 13.3 Å². The topological polar surface area (TPSA) is 51.1 Å². The molecule has 2 rings (SSSR count). The van der Waals surface area contributed by atoms with Crippen molar-refractivity contribution in [3.8, 4) is 5.75 Å². The molecule has 5 nitrogen and oxygen atoms in total. The summed E-state index contributed by atoms with van der Waals surface area (Å²) < 4.78 is 7.21. The van der Waals surface area contributed by atoms with Crippen molar-refractivity contribution in [2.45, 2.75) is 33.2 Å². The Hall–Kier alpha value is -2.08. The molecule has 0 bridgehead atoms. The molecule has 1 heterocycles. The van der Waals surface area contributed by atoms with E-state index in [2.05, 4.69) is 29.6 Å². The van der Waals surface area contributed by atoms with E-state index in [1.807, 2.05) is 35.9 Å². The number of rotatable bonds is 5. The second-order valence-electron chi connectivity index (χ2n) is 5.16. The minimum absolute atomic E-state index is 0.371. The molecule has 0 spiro atoms. The molecule has 1 unspecified atom stereocenters. The SMILES string of the molecule is CCC(C)n1ncc(NC(=S)Nc2cccc(OC)c2)c1C. The standard InChI is InChI=1S/C16H22N4OS/c1-5-11(2)20-12(3)15(10-17-20)19-16(22)18-13-7-6-8-14(9-13)21-4/h6-11H,5H2,1-4H3,(H2,18,19,22). The van der Waals surface area contributed by atoms with Crippen molar-refractivity contribution >= 4 is 28.7 Å². The van der Waals surface area contributed by atoms with E-state index in [9.17, 15) is 0 Å². The van der Waals surface area contributed by atoms with Crippen molar-refractivity contribution in [1.82, 2.24) is 9.78 Å². The summed E-state index contributed by atoms with van der Waals surface area (Å²) >= 11 is 5.36. The van der Waals surface area contributed by atoms with Crippen LogP contribution in [-0.2, 0) is 0 Å². The monoisotopic (exact) mass is 318 g/mol. The zero-order valence-corrected chi connectivity index (χ0v) is 14.2. The highest BCUT2D eigenvalue weighted by Crippen LogP contribution is 2.21. The van der Waals surface area contributed by atoms with Gasteiger partial charge in [-0.2, -0.15) is 5.10 Å². The Morgan fingerprint density at radius 3 is 2.86 bits per heavy atom. The summed E-state index contributed by atoms with van der Waals surface area (Å²) in [7, 11) is 1.64. The number of methoxy groups -OCH3 is 1. The fourth-order valence-corrected chi connectivity index (χ4v) is 2.38. The second kappa shape index (κ2) is 7.26. The summed E-state index contributed by atoms with van der Waals surface area (Å²) in [5, 5.41) is 11.3. The van der Waals surface area contributed by atoms with E-state index in [0.717, 1.165) is 29.2 Å². The Balaban J connectivity index is 2.04. The molecule has 1 atom stereocenters. The first-order valence-electron chi connectivity index (χ1n) is 7.31. The van der Waals surface area contributed by atoms with E-state index < -0.39 is 0 Å². The van der Waals surface area contributed by atoms with Crippen molar-refractivity contribution in [3.63, 3.8) is 0 Å². The van der Waals surface area contributed by atoms with Gasteiger partial charge >= 0.3 is 0 Å². The molecule has 2 aromatic rings. The minimum Gasteiger partial charge on any atom is -0.497 e. The van der Waals surface area contributed by atoms with Crippen molar-refractivity contribution in [2.24, 2.45) is 0 Å². The Morgan fingerprint density at radius 2 is 2.18 bits per heavy atom. The maximum Gasteiger partial charge on any atom is 0.175 e. The lowest BCUT2D eigenvalue weighted by molar-refractivity contribution is 0.415. The molecule has 0 aliphatic rings. The maximum absolute atomic E-state index is 5.36. The average molecular weight is 318 g/mol. The van der Waals surface area contributed by atoms with Crippen LogP contribution >= 0.6 is 12.2 Å². The highest BCUT2D eigenvalue weighted by molar-refractivity contribution is 7.80. The third kappa shape index (κ3) is 3.76. The van der Waals surface area contributed by atoms with E-state index >= 15 is 0 Å². The fourth-order valence-electron chi connectivity index (χ4n) is 2.15. The zero-order valence-electron chi connectivity index (χ0n) is 13.4. The molecular weight excluding hydrogens is 296 g/mol. The van der Waals surface area contributed by atoms with Gasteiger partial charge in [-0.25, -0.2) is 0 Å². The summed E-state index contributed by atoms with van der Waals surface area (Å²) in [5.41, 5.74) is 2.87. The molecule has 1 aromatic heterocycles. The normalized spacial score (nSPS) is 11.8. The van der Waals surface area contributed by atoms with Gasteiger partial charge in [0, 0.05) is 17.8 Å². The van der Waals surface area contributed by atoms with Gasteiger partial charge in [-0.3, -0.25) is 4.68 Å². The van der Waals surface area contributed by atoms with Gasteiger partial charge in [0.25, 0.3) is 0 Å². The van der Waals surface area contributed by atoms with Crippen molar-refractivity contribution in [1.29, 1.82) is 0 Å². The molecule has 6 heteroatoms. The quantitative estimate of drug-likeness (QED) is 0.817. The third-order valence-electron chi connectivity index (χ3n) is 3.63. The first-order chi connectivity index (χ1) is 10.5. The average Bonchev–Trinajstić information content (AvgIpc) is 2.87. The number of nitrogens with one attached hydrogen (secondary N) is 2. The Morgan fingerprint density at radius 1 is 1.41 bits per heavy atom. The molecule has 22 heavy (non-hydrogen) atoms. The smallest absolute Gasteiger partial charge is 0.175 e. The summed E-state index contributed by atoms with van der Waals surface area (Å²) in [4.78, 5) is 0. The summed E-state index contributed by atoms with van der Waals surface area (Å²) in [5.74, 6) is 0.786. The Labute approximate surface area is 136 Å². The van der Waals surface area contributed by atoms with Gasteiger partial charge in [-0.05, 0) is 44.6 Å². The van der Waals surface area contributed by atoms with Crippen LogP contribution in [0.3, 0.4) is 0 Å². The number of thiocarbonyl (C=S) groups is 1. The number of aromatic nitrogens is 2. The van der Waals surface area contributed by atoms with Gasteiger partial charge in [0.1, 0.15) is 5.75 Å². The van der Waals surface area contributed by atoms with Crippen LogP contribution in [0.2, 0.25) is 0 Å². The molecule has 0 radical (unpaired) electrons. The zero-order chi connectivity index (χ0) is 16.1. The molecule has 0 saturated heterocycles. The van der Waals surface area contributed by atoms with Crippen LogP contribution in [0.15, 0.2) is 30.5 Å². The van der Waals surface area contributed by atoms with Crippen LogP contribution in [0, 0.1) is 6.92 Å². The van der Waals surface area contributed by atoms with Crippen molar-refractivity contribution < 1.29 is 4.74 Å². The number of hydrogen-bond donors (Lipinski definition) is 2. The number of nitrogens with zero attached hydrogens (tertiary/aromatic N) is 2. The number of hydrogen-bond acceptors (Lipinski definition) is 3. The lowest BCUT2D eigenvalue weighted by Gasteiger charge is -2.13. The number of anilines is 2. The Bertz CT molecular complexity index is 653. The van der Waals surface area contributed by atoms with Crippen LogP contribution in [0.1, 0.15) is 32.0 Å². The largest absolute Gasteiger partial charge is 0.497 e. The van der Waals surface area contributed by atoms with E-state index in [4.69, 9.17) is 17.0 Å². The predicted molar refractivity (Wildman–Crippen MR) is 94.8 cm³/mol. The summed E-state index contributed by atoms with van der Waals surface area (Å²) in [6.07, 6.45) is 2.84. The molecule has 1 aromatic carbocycles. The molecule has 0 amide bonds. The minimum atomic E-state index is 0.371. The Kier molecular flexibility index (Phi) is 5.38. The van der Waals surface area contributed by atoms with E-state index in [0.29, 0.717) is 11.2 Å². The highest BCUT2D eigenvalue weighted by atomic mass is 32.1. The number of ether oxygens (including phenoxy) is 1. The molecule has 0 aliphatic carbocycles. The van der Waals surface area contributed by atoms with Crippen LogP contribution in [0.4, 0.5) is 11.4 Å². The van der Waals surface area contributed by atoms with Gasteiger partial charge in [0.2, 0.25) is 0 Å². The van der Waals surface area contributed by atoms with Crippen molar-refractivity contribution in [2.75, 3.05) is 17.7 Å². The van der Waals surface area contributed by atoms with Gasteiger partial charge in [-0.15, -0.1) is 0 Å². The van der Waals surface area contributed by atoms with Gasteiger partial charge in [0.15, 0.2) is 5.11 Å². The molecule has 118 valence electrons. The first-order valence-corrected chi connectivity index (χ1v) is 7.72. The lowest BCUT2D eigenvalue weighted by Crippen LogP contribution is -2.19. The first kappa shape index (κ1) is 16.3. The fraction of sp³-hybridized carbons (Fsp3) is 0.375. The van der Waals surface area contributed by atoms with Crippen LogP contribution in [0.25, 0.3) is 0 Å². The van der Waals surface area contributed by atoms with E-state index in [-0.39, 0.29) is 0 Å². The van der Waals surface area contributed by atoms with Crippen LogP contribution in [-0.4, -0.2) is 22.0 Å². The van der Waals surface area contributed by atoms with Crippen LogP contribution < -0.4 is 15.4 Å². The third-order valence-corrected chi connectivity index (χ3v) is 3.83. The molecular formula is C16H22N4OS. The van der Waals surface area contributed by atoms with Gasteiger partial charge in [-0.1, -0.05) is 13.0 Å². The second-order valence-corrected chi connectivity index (χ2v) is 5.56. The molecule has 2 N–H and O–H groups in total. The summed E-state index contributed by atoms with van der Waals surface area (Å²) in [6.45, 7) is 6.33. The molecule has 0 aliphatic heterocycles. The lowest BCUT2D eigenvalue weighted by atomic mass is 10.2. The summed E-state index contributed by atoms with van der Waals surface area (Å²) in [6, 6.07) is 8.00. The highest BCUT2D eigenvalue weighted by Gasteiger charge is 2.11. The van der Waals surface area contributed by atoms with Gasteiger partial charge in [0.05, 0.1) is 24.7 Å². The molecule has 0 saturated carbocycles. The van der Waals surface area contributed by atoms with Gasteiger partial charge < -0.3 is 15.4 Å². The van der Waals surface area contributed by atoms with Crippen molar-refractivity contribution in [3.05, 3.63) is 36.2 Å². The van der Waals surface area contributed by atoms with Crippen LogP contribution in [0.5, 0.6) is 5.75 Å². The van der Waals surface area contributed by atoms with E-state index in [1.165, 1.54) is 0 Å². The maximum atomic E-state index is 5.36. The number of benzene rings is 1.